The summed E-state index contributed by atoms with van der Waals surface area (Å²) in [7, 11) is 0. The Morgan fingerprint density at radius 2 is 1.65 bits per heavy atom. The summed E-state index contributed by atoms with van der Waals surface area (Å²) in [5.74, 6) is -6.03. The highest BCUT2D eigenvalue weighted by atomic mass is 35.5. The Bertz CT molecular complexity index is 1150. The maximum atomic E-state index is 12.9. The van der Waals surface area contributed by atoms with Gasteiger partial charge in [0.15, 0.2) is 5.78 Å². The van der Waals surface area contributed by atoms with Crippen LogP contribution in [0.4, 0.5) is 14.5 Å². The molecule has 4 nitrogen and oxygen atoms in total. The molecule has 0 heterocycles. The number of hydrogen-bond donors (Lipinski definition) is 1. The molecule has 182 valence electrons. The number of amides is 1. The van der Waals surface area contributed by atoms with E-state index < -0.39 is 46.3 Å². The van der Waals surface area contributed by atoms with Crippen molar-refractivity contribution in [3.8, 4) is 0 Å². The third-order valence-corrected chi connectivity index (χ3v) is 8.21. The smallest absolute Gasteiger partial charge is 0.253 e. The van der Waals surface area contributed by atoms with Crippen LogP contribution in [0.25, 0.3) is 0 Å². The summed E-state index contributed by atoms with van der Waals surface area (Å²) in [5, 5.41) is 3.37. The highest BCUT2D eigenvalue weighted by Gasteiger charge is 2.67. The van der Waals surface area contributed by atoms with Gasteiger partial charge in [-0.1, -0.05) is 46.4 Å². The number of hydrogen-bond acceptors (Lipinski definition) is 3. The van der Waals surface area contributed by atoms with Crippen molar-refractivity contribution in [2.45, 2.75) is 22.6 Å². The van der Waals surface area contributed by atoms with Crippen LogP contribution >= 0.6 is 69.6 Å². The van der Waals surface area contributed by atoms with Gasteiger partial charge >= 0.3 is 0 Å². The molecule has 0 aliphatic heterocycles. The Morgan fingerprint density at radius 3 is 2.24 bits per heavy atom. The Balaban J connectivity index is 1.42. The maximum absolute atomic E-state index is 12.9. The molecule has 2 saturated carbocycles. The van der Waals surface area contributed by atoms with Crippen molar-refractivity contribution < 1.29 is 23.1 Å². The molecule has 0 aromatic heterocycles. The van der Waals surface area contributed by atoms with E-state index in [1.54, 1.807) is 12.1 Å². The van der Waals surface area contributed by atoms with Crippen LogP contribution in [-0.4, -0.2) is 35.2 Å². The number of rotatable bonds is 8. The third kappa shape index (κ3) is 5.29. The number of halogens is 8. The van der Waals surface area contributed by atoms with Crippen LogP contribution in [0.2, 0.25) is 20.1 Å². The van der Waals surface area contributed by atoms with Crippen molar-refractivity contribution in [1.29, 1.82) is 0 Å². The van der Waals surface area contributed by atoms with E-state index in [1.165, 1.54) is 18.2 Å². The molecule has 0 spiro atoms. The Labute approximate surface area is 223 Å². The number of ketones is 1. The first-order valence-electron chi connectivity index (χ1n) is 9.94. The highest BCUT2D eigenvalue weighted by Crippen LogP contribution is 2.65. The van der Waals surface area contributed by atoms with Crippen molar-refractivity contribution in [3.63, 3.8) is 0 Å². The number of carbonyl (C=O) groups excluding carboxylic acids is 2. The molecule has 34 heavy (non-hydrogen) atoms. The second kappa shape index (κ2) is 9.55. The minimum atomic E-state index is -2.73. The third-order valence-electron chi connectivity index (χ3n) is 5.74. The number of ether oxygens (including phenoxy) is 1. The Kier molecular flexibility index (Phi) is 7.36. The van der Waals surface area contributed by atoms with E-state index in [-0.39, 0.29) is 44.4 Å². The molecule has 2 fully saturated rings. The molecule has 4 rings (SSSR count). The topological polar surface area (TPSA) is 55.4 Å². The van der Waals surface area contributed by atoms with Crippen LogP contribution in [0, 0.1) is 11.8 Å². The van der Waals surface area contributed by atoms with Gasteiger partial charge in [-0.15, -0.1) is 23.2 Å². The zero-order valence-corrected chi connectivity index (χ0v) is 21.5. The zero-order valence-electron chi connectivity index (χ0n) is 17.0. The summed E-state index contributed by atoms with van der Waals surface area (Å²) in [4.78, 5) is 25.4. The second-order valence-corrected chi connectivity index (χ2v) is 11.3. The van der Waals surface area contributed by atoms with E-state index in [2.05, 4.69) is 5.32 Å². The van der Waals surface area contributed by atoms with Gasteiger partial charge in [0.25, 0.3) is 5.92 Å². The molecule has 1 N–H and O–H groups in total. The van der Waals surface area contributed by atoms with Crippen molar-refractivity contribution in [2.75, 3.05) is 18.5 Å². The lowest BCUT2D eigenvalue weighted by molar-refractivity contribution is -0.117. The Morgan fingerprint density at radius 1 is 1.03 bits per heavy atom. The van der Waals surface area contributed by atoms with E-state index >= 15 is 0 Å². The van der Waals surface area contributed by atoms with Crippen molar-refractivity contribution in [2.24, 2.45) is 11.8 Å². The molecule has 12 heteroatoms. The first-order valence-corrected chi connectivity index (χ1v) is 12.2. The molecule has 1 amide bonds. The number of anilines is 1. The zero-order chi connectivity index (χ0) is 25.0. The lowest BCUT2D eigenvalue weighted by Crippen LogP contribution is -2.18. The van der Waals surface area contributed by atoms with Crippen LogP contribution in [0.5, 0.6) is 0 Å². The lowest BCUT2D eigenvalue weighted by Gasteiger charge is -2.10. The van der Waals surface area contributed by atoms with Gasteiger partial charge in [-0.05, 0) is 35.9 Å². The fourth-order valence-electron chi connectivity index (χ4n) is 3.68. The summed E-state index contributed by atoms with van der Waals surface area (Å²) < 4.78 is 29.6. The van der Waals surface area contributed by atoms with Gasteiger partial charge in [0.1, 0.15) is 10.9 Å². The van der Waals surface area contributed by atoms with Gasteiger partial charge in [-0.2, -0.15) is 0 Å². The second-order valence-electron chi connectivity index (χ2n) is 8.21. The van der Waals surface area contributed by atoms with Crippen LogP contribution in [0.15, 0.2) is 30.3 Å². The summed E-state index contributed by atoms with van der Waals surface area (Å²) >= 11 is 37.0. The van der Waals surface area contributed by atoms with Gasteiger partial charge < -0.3 is 10.1 Å². The minimum absolute atomic E-state index is 0.0774. The van der Waals surface area contributed by atoms with E-state index in [4.69, 9.17) is 74.3 Å². The number of Topliss-reactive ketones (excluding diaryl/α,β-unsaturated/α-hetero) is 1. The first kappa shape index (κ1) is 26.2. The van der Waals surface area contributed by atoms with Crippen LogP contribution < -0.4 is 5.32 Å². The SMILES string of the molecule is O=C(COCC1CC1(F)F)c1cc(NC(=O)C2C(c3cc(Cl)c(Cl)c(Cl)c3)C2(Cl)Cl)ccc1Cl. The largest absolute Gasteiger partial charge is 0.373 e. The highest BCUT2D eigenvalue weighted by molar-refractivity contribution is 6.54. The van der Waals surface area contributed by atoms with Crippen molar-refractivity contribution in [1.82, 2.24) is 0 Å². The lowest BCUT2D eigenvalue weighted by atomic mass is 10.1. The van der Waals surface area contributed by atoms with E-state index in [0.29, 0.717) is 5.56 Å². The fraction of sp³-hybridized carbons (Fsp3) is 0.364. The average Bonchev–Trinajstić information content (AvgIpc) is 3.56. The molecule has 2 aliphatic rings. The van der Waals surface area contributed by atoms with E-state index in [1.807, 2.05) is 0 Å². The van der Waals surface area contributed by atoms with Gasteiger partial charge in [-0.25, -0.2) is 8.78 Å². The molecule has 2 aromatic carbocycles. The standard InChI is InChI=1S/C22H15Cl6F2NO3/c23-13-2-1-11(5-12(13)16(32)8-34-7-10-6-21(10,29)30)31-20(33)18-17(22(18,27)28)9-3-14(24)19(26)15(25)4-9/h1-5,10,17-18H,6-8H2,(H,31,33). The summed E-state index contributed by atoms with van der Waals surface area (Å²) in [6.07, 6.45) is -0.247. The molecule has 2 aliphatic carbocycles. The number of benzene rings is 2. The monoisotopic (exact) mass is 589 g/mol. The van der Waals surface area contributed by atoms with Gasteiger partial charge in [0, 0.05) is 23.6 Å². The maximum Gasteiger partial charge on any atom is 0.253 e. The Hall–Kier alpha value is -0.860. The molecule has 2 aromatic rings. The molecule has 3 unspecified atom stereocenters. The summed E-state index contributed by atoms with van der Waals surface area (Å²) in [6.45, 7) is -0.638. The predicted molar refractivity (Wildman–Crippen MR) is 130 cm³/mol. The van der Waals surface area contributed by atoms with Gasteiger partial charge in [0.2, 0.25) is 5.91 Å². The molecule has 0 saturated heterocycles. The van der Waals surface area contributed by atoms with E-state index in [0.717, 1.165) is 0 Å². The molecular weight excluding hydrogens is 577 g/mol. The fourth-order valence-corrected chi connectivity index (χ4v) is 5.35. The number of carbonyl (C=O) groups is 2. The molecular formula is C22H15Cl6F2NO3. The molecule has 0 radical (unpaired) electrons. The van der Waals surface area contributed by atoms with Crippen molar-refractivity contribution >= 4 is 87.0 Å². The van der Waals surface area contributed by atoms with Crippen LogP contribution in [-0.2, 0) is 9.53 Å². The van der Waals surface area contributed by atoms with Gasteiger partial charge in [-0.3, -0.25) is 9.59 Å². The van der Waals surface area contributed by atoms with Gasteiger partial charge in [0.05, 0.1) is 38.5 Å². The van der Waals surface area contributed by atoms with Crippen LogP contribution in [0.3, 0.4) is 0 Å². The van der Waals surface area contributed by atoms with Crippen LogP contribution in [0.1, 0.15) is 28.3 Å². The summed E-state index contributed by atoms with van der Waals surface area (Å²) in [6, 6.07) is 7.39. The van der Waals surface area contributed by atoms with Crippen molar-refractivity contribution in [3.05, 3.63) is 61.5 Å². The first-order chi connectivity index (χ1) is 15.8. The predicted octanol–water partition coefficient (Wildman–Crippen LogP) is 7.68. The number of nitrogens with one attached hydrogen (secondary N) is 1. The quantitative estimate of drug-likeness (QED) is 0.195. The molecule has 0 bridgehead atoms. The molecule has 3 atom stereocenters. The minimum Gasteiger partial charge on any atom is -0.373 e. The normalized spacial score (nSPS) is 23.9. The average molecular weight is 592 g/mol. The number of alkyl halides is 4. The summed E-state index contributed by atoms with van der Waals surface area (Å²) in [5.41, 5.74) is 0.900. The van der Waals surface area contributed by atoms with E-state index in [9.17, 15) is 18.4 Å².